The smallest absolute Gasteiger partial charge is 0.222 e. The number of halogens is 2. The van der Waals surface area contributed by atoms with Crippen molar-refractivity contribution in [2.45, 2.75) is 0 Å². The van der Waals surface area contributed by atoms with Crippen molar-refractivity contribution >= 4 is 73.9 Å². The Bertz CT molecular complexity index is 2030. The number of hydrogen-bond donors (Lipinski definition) is 0. The summed E-state index contributed by atoms with van der Waals surface area (Å²) in [7, 11) is 0. The summed E-state index contributed by atoms with van der Waals surface area (Å²) >= 11 is 5.22. The first-order chi connectivity index (χ1) is 19.6. The SMILES string of the molecule is [C-]#[N+]c1cc(-c2ccc(-c3c4c(c(-c5ccc(-c6ccc(F)c(C#N)c6)s5)c5nsnc35)N=S=N4)s2)ccc1F. The summed E-state index contributed by atoms with van der Waals surface area (Å²) < 4.78 is 46.3. The quantitative estimate of drug-likeness (QED) is 0.190. The van der Waals surface area contributed by atoms with Gasteiger partial charge in [0.25, 0.3) is 0 Å². The van der Waals surface area contributed by atoms with Crippen LogP contribution >= 0.6 is 34.4 Å². The van der Waals surface area contributed by atoms with Gasteiger partial charge in [-0.1, -0.05) is 12.1 Å². The zero-order chi connectivity index (χ0) is 27.4. The highest BCUT2D eigenvalue weighted by Crippen LogP contribution is 2.54. The molecule has 0 amide bonds. The van der Waals surface area contributed by atoms with Crippen LogP contribution in [0.2, 0.25) is 0 Å². The second kappa shape index (κ2) is 9.62. The maximum atomic E-state index is 13.9. The molecule has 0 fully saturated rings. The van der Waals surface area contributed by atoms with Gasteiger partial charge in [0.2, 0.25) is 5.69 Å². The molecule has 0 N–H and O–H groups in total. The van der Waals surface area contributed by atoms with E-state index in [-0.39, 0.29) is 11.3 Å². The third-order valence-corrected chi connectivity index (χ3v) is 9.71. The molecule has 0 saturated heterocycles. The van der Waals surface area contributed by atoms with Gasteiger partial charge in [0.15, 0.2) is 0 Å². The highest BCUT2D eigenvalue weighted by Gasteiger charge is 2.28. The minimum atomic E-state index is -0.549. The van der Waals surface area contributed by atoms with Crippen LogP contribution in [0.15, 0.2) is 69.4 Å². The number of aromatic nitrogens is 2. The summed E-state index contributed by atoms with van der Waals surface area (Å²) in [6.07, 6.45) is 0. The zero-order valence-corrected chi connectivity index (χ0v) is 23.1. The Balaban J connectivity index is 1.36. The molecular formula is C28H10F2N6S4. The largest absolute Gasteiger partial charge is 0.235 e. The van der Waals surface area contributed by atoms with E-state index in [1.165, 1.54) is 34.8 Å². The molecule has 0 atom stereocenters. The van der Waals surface area contributed by atoms with E-state index in [4.69, 9.17) is 6.57 Å². The summed E-state index contributed by atoms with van der Waals surface area (Å²) in [5.74, 6) is -1.09. The van der Waals surface area contributed by atoms with Crippen LogP contribution in [0.1, 0.15) is 5.56 Å². The number of benzene rings is 3. The Morgan fingerprint density at radius 3 is 1.85 bits per heavy atom. The van der Waals surface area contributed by atoms with E-state index in [0.29, 0.717) is 22.4 Å². The fraction of sp³-hybridized carbons (Fsp3) is 0. The number of fused-ring (bicyclic) bond motifs is 2. The van der Waals surface area contributed by atoms with E-state index in [0.717, 1.165) is 64.8 Å². The maximum Gasteiger partial charge on any atom is 0.222 e. The molecule has 1 aliphatic rings. The molecule has 0 unspecified atom stereocenters. The van der Waals surface area contributed by atoms with Crippen LogP contribution in [0, 0.1) is 29.5 Å². The first-order valence-corrected chi connectivity index (χ1v) is 14.6. The molecule has 12 heteroatoms. The van der Waals surface area contributed by atoms with Crippen LogP contribution in [0.25, 0.3) is 57.6 Å². The van der Waals surface area contributed by atoms with Gasteiger partial charge in [0.05, 0.1) is 35.2 Å². The van der Waals surface area contributed by atoms with Crippen molar-refractivity contribution < 1.29 is 8.78 Å². The molecule has 190 valence electrons. The second-order valence-electron chi connectivity index (χ2n) is 8.59. The van der Waals surface area contributed by atoms with Crippen LogP contribution in [0.3, 0.4) is 0 Å². The molecule has 4 heterocycles. The highest BCUT2D eigenvalue weighted by atomic mass is 32.1. The van der Waals surface area contributed by atoms with Crippen LogP contribution in [-0.2, 0) is 11.4 Å². The van der Waals surface area contributed by atoms with E-state index in [1.54, 1.807) is 24.3 Å². The number of rotatable bonds is 4. The van der Waals surface area contributed by atoms with Crippen molar-refractivity contribution in [3.05, 3.63) is 89.3 Å². The Morgan fingerprint density at radius 2 is 1.27 bits per heavy atom. The molecule has 3 aromatic carbocycles. The third-order valence-electron chi connectivity index (χ3n) is 6.35. The lowest BCUT2D eigenvalue weighted by molar-refractivity contribution is 0.624. The molecule has 0 radical (unpaired) electrons. The summed E-state index contributed by atoms with van der Waals surface area (Å²) in [6.45, 7) is 7.23. The standard InChI is InChI=1S/C28H10F2N6S4/c1-32-18-11-14(3-5-17(18)30)20-7-9-22(38-20)24-27-25(33-39-35-27)23(26-28(24)36-40-34-26)21-8-6-19(37-21)13-2-4-16(29)15(10-13)12-31/h2-11H. The van der Waals surface area contributed by atoms with E-state index < -0.39 is 11.6 Å². The predicted octanol–water partition coefficient (Wildman–Crippen LogP) is 9.91. The molecule has 3 aromatic heterocycles. The van der Waals surface area contributed by atoms with Crippen molar-refractivity contribution in [1.82, 2.24) is 8.75 Å². The summed E-state index contributed by atoms with van der Waals surface area (Å²) in [6, 6.07) is 18.7. The fourth-order valence-electron chi connectivity index (χ4n) is 4.49. The minimum Gasteiger partial charge on any atom is -0.235 e. The monoisotopic (exact) mass is 596 g/mol. The summed E-state index contributed by atoms with van der Waals surface area (Å²) in [5, 5.41) is 9.24. The van der Waals surface area contributed by atoms with Gasteiger partial charge in [0, 0.05) is 30.6 Å². The van der Waals surface area contributed by atoms with E-state index >= 15 is 0 Å². The first kappa shape index (κ1) is 24.6. The molecule has 7 rings (SSSR count). The topological polar surface area (TPSA) is 78.6 Å². The molecule has 0 aliphatic carbocycles. The van der Waals surface area contributed by atoms with E-state index in [9.17, 15) is 14.0 Å². The van der Waals surface area contributed by atoms with Crippen molar-refractivity contribution in [2.24, 2.45) is 8.73 Å². The maximum absolute atomic E-state index is 13.9. The lowest BCUT2D eigenvalue weighted by atomic mass is 10.0. The van der Waals surface area contributed by atoms with Crippen LogP contribution < -0.4 is 0 Å². The Morgan fingerprint density at radius 1 is 0.725 bits per heavy atom. The molecule has 0 spiro atoms. The number of hydrogen-bond acceptors (Lipinski definition) is 8. The predicted molar refractivity (Wildman–Crippen MR) is 157 cm³/mol. The Hall–Kier alpha value is -4.46. The van der Waals surface area contributed by atoms with Crippen LogP contribution in [-0.4, -0.2) is 8.75 Å². The zero-order valence-electron chi connectivity index (χ0n) is 19.8. The van der Waals surface area contributed by atoms with Gasteiger partial charge in [-0.2, -0.15) is 22.7 Å². The third kappa shape index (κ3) is 3.89. The van der Waals surface area contributed by atoms with Gasteiger partial charge in [-0.3, -0.25) is 0 Å². The van der Waals surface area contributed by atoms with Crippen molar-refractivity contribution in [3.8, 4) is 47.8 Å². The fourth-order valence-corrected chi connectivity index (χ4v) is 7.71. The number of thiophene rings is 2. The molecule has 6 aromatic rings. The molecule has 1 aliphatic heterocycles. The van der Waals surface area contributed by atoms with Crippen molar-refractivity contribution in [2.75, 3.05) is 0 Å². The normalized spacial score (nSPS) is 11.8. The number of nitriles is 1. The first-order valence-electron chi connectivity index (χ1n) is 11.5. The van der Waals surface area contributed by atoms with Gasteiger partial charge in [-0.15, -0.1) is 22.7 Å². The van der Waals surface area contributed by atoms with E-state index in [1.807, 2.05) is 30.3 Å². The van der Waals surface area contributed by atoms with Gasteiger partial charge in [-0.05, 0) is 59.7 Å². The molecule has 6 nitrogen and oxygen atoms in total. The van der Waals surface area contributed by atoms with Crippen LogP contribution in [0.4, 0.5) is 25.8 Å². The molecule has 0 saturated carbocycles. The summed E-state index contributed by atoms with van der Waals surface area (Å²) in [4.78, 5) is 6.86. The summed E-state index contributed by atoms with van der Waals surface area (Å²) in [5.41, 5.74) is 5.96. The average molecular weight is 597 g/mol. The van der Waals surface area contributed by atoms with Gasteiger partial charge < -0.3 is 0 Å². The van der Waals surface area contributed by atoms with Gasteiger partial charge >= 0.3 is 0 Å². The second-order valence-corrected chi connectivity index (χ2v) is 11.8. The Labute approximate surface area is 241 Å². The van der Waals surface area contributed by atoms with Gasteiger partial charge in [-0.25, -0.2) is 13.6 Å². The molecule has 0 bridgehead atoms. The average Bonchev–Trinajstić information content (AvgIpc) is 3.79. The lowest BCUT2D eigenvalue weighted by Crippen LogP contribution is -1.85. The molecular weight excluding hydrogens is 587 g/mol. The van der Waals surface area contributed by atoms with E-state index in [2.05, 4.69) is 22.3 Å². The number of nitrogens with zero attached hydrogens (tertiary/aromatic N) is 6. The van der Waals surface area contributed by atoms with Gasteiger partial charge in [0.1, 0.15) is 40.1 Å². The van der Waals surface area contributed by atoms with Crippen molar-refractivity contribution in [3.63, 3.8) is 0 Å². The Kier molecular flexibility index (Phi) is 5.91. The van der Waals surface area contributed by atoms with Crippen molar-refractivity contribution in [1.29, 1.82) is 5.26 Å². The molecule has 40 heavy (non-hydrogen) atoms. The lowest BCUT2D eigenvalue weighted by Gasteiger charge is -2.09. The minimum absolute atomic E-state index is 0.00440. The van der Waals surface area contributed by atoms with Crippen LogP contribution in [0.5, 0.6) is 0 Å². The highest BCUT2D eigenvalue weighted by molar-refractivity contribution is 7.58.